The average Bonchev–Trinajstić information content (AvgIpc) is 2.18. The number of carboxylic acid groups (broad SMARTS) is 1. The lowest BCUT2D eigenvalue weighted by Gasteiger charge is -1.99. The van der Waals surface area contributed by atoms with Gasteiger partial charge in [-0.1, -0.05) is 11.6 Å². The zero-order valence-electron chi connectivity index (χ0n) is 7.44. The van der Waals surface area contributed by atoms with Crippen molar-refractivity contribution >= 4 is 23.6 Å². The molecule has 0 aliphatic carbocycles. The minimum Gasteiger partial charge on any atom is -0.507 e. The Balaban J connectivity index is 3.23. The standard InChI is InChI=1S/C10H6ClNO3/c11-8-1-2-9(13)6(4-8)3-7(5-12)10(14)15/h1-4,13H,(H,14,15). The van der Waals surface area contributed by atoms with Gasteiger partial charge in [-0.3, -0.25) is 0 Å². The molecule has 0 aliphatic heterocycles. The van der Waals surface area contributed by atoms with E-state index >= 15 is 0 Å². The van der Waals surface area contributed by atoms with Gasteiger partial charge in [-0.25, -0.2) is 4.79 Å². The van der Waals surface area contributed by atoms with Crippen LogP contribution in [-0.4, -0.2) is 16.2 Å². The molecule has 0 saturated heterocycles. The van der Waals surface area contributed by atoms with Gasteiger partial charge in [0.2, 0.25) is 0 Å². The molecule has 0 saturated carbocycles. The lowest BCUT2D eigenvalue weighted by molar-refractivity contribution is -0.132. The van der Waals surface area contributed by atoms with Gasteiger partial charge in [-0.2, -0.15) is 5.26 Å². The molecule has 0 heterocycles. The normalized spacial score (nSPS) is 10.8. The zero-order valence-corrected chi connectivity index (χ0v) is 8.19. The lowest BCUT2D eigenvalue weighted by Crippen LogP contribution is -1.97. The minimum absolute atomic E-state index is 0.131. The van der Waals surface area contributed by atoms with E-state index in [1.165, 1.54) is 24.3 Å². The van der Waals surface area contributed by atoms with Crippen molar-refractivity contribution in [3.63, 3.8) is 0 Å². The molecule has 0 spiro atoms. The van der Waals surface area contributed by atoms with Gasteiger partial charge >= 0.3 is 5.97 Å². The van der Waals surface area contributed by atoms with E-state index in [0.29, 0.717) is 5.02 Å². The molecule has 0 bridgehead atoms. The number of hydrogen-bond donors (Lipinski definition) is 2. The fourth-order valence-electron chi connectivity index (χ4n) is 0.938. The Morgan fingerprint density at radius 3 is 2.73 bits per heavy atom. The topological polar surface area (TPSA) is 81.3 Å². The van der Waals surface area contributed by atoms with Crippen LogP contribution in [0, 0.1) is 11.3 Å². The first-order valence-corrected chi connectivity index (χ1v) is 4.26. The molecule has 1 aromatic rings. The molecule has 0 fully saturated rings. The molecule has 4 nitrogen and oxygen atoms in total. The summed E-state index contributed by atoms with van der Waals surface area (Å²) in [5.41, 5.74) is -0.269. The summed E-state index contributed by atoms with van der Waals surface area (Å²) >= 11 is 5.65. The largest absolute Gasteiger partial charge is 0.507 e. The molecule has 0 radical (unpaired) electrons. The third-order valence-electron chi connectivity index (χ3n) is 1.64. The number of aliphatic carboxylic acids is 1. The van der Waals surface area contributed by atoms with Crippen LogP contribution < -0.4 is 0 Å². The van der Waals surface area contributed by atoms with Crippen LogP contribution >= 0.6 is 11.6 Å². The van der Waals surface area contributed by atoms with Crippen molar-refractivity contribution in [2.45, 2.75) is 0 Å². The van der Waals surface area contributed by atoms with Gasteiger partial charge < -0.3 is 10.2 Å². The molecule has 0 aliphatic rings. The van der Waals surface area contributed by atoms with Crippen molar-refractivity contribution in [1.82, 2.24) is 0 Å². The highest BCUT2D eigenvalue weighted by atomic mass is 35.5. The molecule has 15 heavy (non-hydrogen) atoms. The summed E-state index contributed by atoms with van der Waals surface area (Å²) in [6.45, 7) is 0. The van der Waals surface area contributed by atoms with Crippen LogP contribution in [-0.2, 0) is 4.79 Å². The van der Waals surface area contributed by atoms with Crippen molar-refractivity contribution in [3.05, 3.63) is 34.4 Å². The Kier molecular flexibility index (Phi) is 3.32. The summed E-state index contributed by atoms with van der Waals surface area (Å²) in [5.74, 6) is -1.48. The Labute approximate surface area is 90.6 Å². The molecule has 76 valence electrons. The predicted octanol–water partition coefficient (Wildman–Crippen LogP) is 2.04. The van der Waals surface area contributed by atoms with Gasteiger partial charge in [0.15, 0.2) is 0 Å². The van der Waals surface area contributed by atoms with Crippen molar-refractivity contribution < 1.29 is 15.0 Å². The SMILES string of the molecule is N#CC(=Cc1cc(Cl)ccc1O)C(=O)O. The van der Waals surface area contributed by atoms with Crippen molar-refractivity contribution in [2.75, 3.05) is 0 Å². The Bertz CT molecular complexity index is 474. The molecule has 5 heteroatoms. The maximum absolute atomic E-state index is 10.5. The van der Waals surface area contributed by atoms with Gasteiger partial charge in [0, 0.05) is 10.6 Å². The maximum Gasteiger partial charge on any atom is 0.346 e. The molecule has 0 unspecified atom stereocenters. The summed E-state index contributed by atoms with van der Waals surface area (Å²) in [6.07, 6.45) is 1.06. The average molecular weight is 224 g/mol. The van der Waals surface area contributed by atoms with Crippen molar-refractivity contribution in [2.24, 2.45) is 0 Å². The molecule has 0 amide bonds. The van der Waals surface area contributed by atoms with Crippen LogP contribution in [0.3, 0.4) is 0 Å². The van der Waals surface area contributed by atoms with Gasteiger partial charge in [0.1, 0.15) is 17.4 Å². The zero-order chi connectivity index (χ0) is 11.4. The number of phenols is 1. The number of aromatic hydroxyl groups is 1. The monoisotopic (exact) mass is 223 g/mol. The third-order valence-corrected chi connectivity index (χ3v) is 1.88. The number of hydrogen-bond acceptors (Lipinski definition) is 3. The maximum atomic E-state index is 10.5. The van der Waals surface area contributed by atoms with E-state index in [-0.39, 0.29) is 11.3 Å². The van der Waals surface area contributed by atoms with Gasteiger partial charge in [-0.05, 0) is 24.3 Å². The fourth-order valence-corrected chi connectivity index (χ4v) is 1.12. The number of benzene rings is 1. The summed E-state index contributed by atoms with van der Waals surface area (Å²) in [6, 6.07) is 5.66. The van der Waals surface area contributed by atoms with E-state index in [0.717, 1.165) is 6.08 Å². The first-order chi connectivity index (χ1) is 7.04. The molecular formula is C10H6ClNO3. The highest BCUT2D eigenvalue weighted by Crippen LogP contribution is 2.23. The Hall–Kier alpha value is -1.99. The number of nitriles is 1. The lowest BCUT2D eigenvalue weighted by atomic mass is 10.1. The van der Waals surface area contributed by atoms with Crippen molar-refractivity contribution in [1.29, 1.82) is 5.26 Å². The summed E-state index contributed by atoms with van der Waals surface area (Å²) < 4.78 is 0. The number of nitrogens with zero attached hydrogens (tertiary/aromatic N) is 1. The molecule has 1 rings (SSSR count). The van der Waals surface area contributed by atoms with Gasteiger partial charge in [0.05, 0.1) is 0 Å². The first-order valence-electron chi connectivity index (χ1n) is 3.88. The quantitative estimate of drug-likeness (QED) is 0.594. The van der Waals surface area contributed by atoms with Crippen LogP contribution in [0.15, 0.2) is 23.8 Å². The second kappa shape index (κ2) is 4.49. The van der Waals surface area contributed by atoms with Gasteiger partial charge in [0.25, 0.3) is 0 Å². The number of phenolic OH excluding ortho intramolecular Hbond substituents is 1. The number of rotatable bonds is 2. The smallest absolute Gasteiger partial charge is 0.346 e. The number of carboxylic acids is 1. The van der Waals surface area contributed by atoms with Crippen LogP contribution in [0.4, 0.5) is 0 Å². The van der Waals surface area contributed by atoms with E-state index in [1.54, 1.807) is 0 Å². The fraction of sp³-hybridized carbons (Fsp3) is 0. The second-order valence-corrected chi connectivity index (χ2v) is 3.11. The van der Waals surface area contributed by atoms with Crippen molar-refractivity contribution in [3.8, 4) is 11.8 Å². The highest BCUT2D eigenvalue weighted by Gasteiger charge is 2.07. The minimum atomic E-state index is -1.35. The van der Waals surface area contributed by atoms with E-state index < -0.39 is 11.5 Å². The highest BCUT2D eigenvalue weighted by molar-refractivity contribution is 6.30. The first kappa shape index (κ1) is 11.1. The van der Waals surface area contributed by atoms with Crippen LogP contribution in [0.25, 0.3) is 6.08 Å². The van der Waals surface area contributed by atoms with E-state index in [9.17, 15) is 9.90 Å². The molecule has 2 N–H and O–H groups in total. The Morgan fingerprint density at radius 2 is 2.20 bits per heavy atom. The molecular weight excluding hydrogens is 218 g/mol. The predicted molar refractivity (Wildman–Crippen MR) is 54.3 cm³/mol. The van der Waals surface area contributed by atoms with Crippen LogP contribution in [0.2, 0.25) is 5.02 Å². The number of carbonyl (C=O) groups is 1. The Morgan fingerprint density at radius 1 is 1.53 bits per heavy atom. The number of halogens is 1. The third kappa shape index (κ3) is 2.73. The van der Waals surface area contributed by atoms with E-state index in [4.69, 9.17) is 22.0 Å². The summed E-state index contributed by atoms with van der Waals surface area (Å²) in [4.78, 5) is 10.5. The summed E-state index contributed by atoms with van der Waals surface area (Å²) in [7, 11) is 0. The summed E-state index contributed by atoms with van der Waals surface area (Å²) in [5, 5.41) is 26.8. The van der Waals surface area contributed by atoms with E-state index in [2.05, 4.69) is 0 Å². The van der Waals surface area contributed by atoms with Gasteiger partial charge in [-0.15, -0.1) is 0 Å². The van der Waals surface area contributed by atoms with E-state index in [1.807, 2.05) is 0 Å². The second-order valence-electron chi connectivity index (χ2n) is 2.68. The molecule has 0 aromatic heterocycles. The molecule has 0 atom stereocenters. The van der Waals surface area contributed by atoms with Crippen LogP contribution in [0.5, 0.6) is 5.75 Å². The van der Waals surface area contributed by atoms with Crippen LogP contribution in [0.1, 0.15) is 5.56 Å². The molecule has 1 aromatic carbocycles.